The van der Waals surface area contributed by atoms with E-state index in [0.717, 1.165) is 16.1 Å². The van der Waals surface area contributed by atoms with Gasteiger partial charge in [-0.15, -0.1) is 0 Å². The molecule has 1 unspecified atom stereocenters. The highest BCUT2D eigenvalue weighted by atomic mass is 33.3. The van der Waals surface area contributed by atoms with Crippen LogP contribution in [0.3, 0.4) is 0 Å². The Balaban J connectivity index is 2.31. The van der Waals surface area contributed by atoms with Crippen molar-refractivity contribution in [2.24, 2.45) is 0 Å². The van der Waals surface area contributed by atoms with Crippen LogP contribution < -0.4 is 4.18 Å². The van der Waals surface area contributed by atoms with Gasteiger partial charge in [0.15, 0.2) is 5.03 Å². The summed E-state index contributed by atoms with van der Waals surface area (Å²) in [7, 11) is 0.910. The Bertz CT molecular complexity index is 497. The molecule has 1 aromatic carbocycles. The van der Waals surface area contributed by atoms with Crippen molar-refractivity contribution in [3.63, 3.8) is 0 Å². The minimum absolute atomic E-state index is 0.543. The minimum atomic E-state index is -0.543. The molecule has 0 bridgehead atoms. The fourth-order valence-corrected chi connectivity index (χ4v) is 3.76. The molecular formula is C8H4N2OS3. The SMILES string of the molecule is S=S1Oc2nc3ccccc3nc2S1. The van der Waals surface area contributed by atoms with Crippen LogP contribution >= 0.6 is 10.8 Å². The van der Waals surface area contributed by atoms with Gasteiger partial charge in [-0.3, -0.25) is 0 Å². The lowest BCUT2D eigenvalue weighted by atomic mass is 10.3. The van der Waals surface area contributed by atoms with E-state index in [2.05, 4.69) is 9.97 Å². The van der Waals surface area contributed by atoms with E-state index in [1.807, 2.05) is 24.3 Å². The van der Waals surface area contributed by atoms with Gasteiger partial charge in [0, 0.05) is 22.0 Å². The average Bonchev–Trinajstić information content (AvgIpc) is 2.53. The van der Waals surface area contributed by atoms with Gasteiger partial charge >= 0.3 is 0 Å². The van der Waals surface area contributed by atoms with E-state index in [1.54, 1.807) is 0 Å². The Morgan fingerprint density at radius 3 is 2.71 bits per heavy atom. The molecule has 0 spiro atoms. The van der Waals surface area contributed by atoms with E-state index < -0.39 is 8.77 Å². The first-order valence-electron chi connectivity index (χ1n) is 3.88. The third-order valence-electron chi connectivity index (χ3n) is 1.80. The molecule has 0 amide bonds. The molecule has 14 heavy (non-hydrogen) atoms. The van der Waals surface area contributed by atoms with Gasteiger partial charge in [0.1, 0.15) is 8.77 Å². The Labute approximate surface area is 91.1 Å². The van der Waals surface area contributed by atoms with E-state index in [9.17, 15) is 0 Å². The van der Waals surface area contributed by atoms with Crippen LogP contribution in [0.5, 0.6) is 5.88 Å². The highest BCUT2D eigenvalue weighted by Gasteiger charge is 2.21. The molecule has 0 fully saturated rings. The first-order valence-corrected chi connectivity index (χ1v) is 7.29. The number of hydrogen-bond donors (Lipinski definition) is 0. The molecule has 70 valence electrons. The van der Waals surface area contributed by atoms with Gasteiger partial charge < -0.3 is 4.18 Å². The summed E-state index contributed by atoms with van der Waals surface area (Å²) in [6.45, 7) is 0. The molecule has 6 heteroatoms. The number of aromatic nitrogens is 2. The number of benzene rings is 1. The van der Waals surface area contributed by atoms with Gasteiger partial charge in [0.05, 0.1) is 11.0 Å². The number of nitrogens with zero attached hydrogens (tertiary/aromatic N) is 2. The highest BCUT2D eigenvalue weighted by Crippen LogP contribution is 2.37. The van der Waals surface area contributed by atoms with Crippen LogP contribution in [0.4, 0.5) is 0 Å². The lowest BCUT2D eigenvalue weighted by molar-refractivity contribution is 0.604. The molecule has 0 aliphatic carbocycles. The van der Waals surface area contributed by atoms with E-state index in [1.165, 1.54) is 10.8 Å². The summed E-state index contributed by atoms with van der Waals surface area (Å²) in [6.07, 6.45) is 0. The molecule has 1 aliphatic rings. The van der Waals surface area contributed by atoms with Crippen molar-refractivity contribution < 1.29 is 4.18 Å². The van der Waals surface area contributed by atoms with Crippen molar-refractivity contribution in [2.45, 2.75) is 5.03 Å². The maximum atomic E-state index is 5.35. The van der Waals surface area contributed by atoms with E-state index in [-0.39, 0.29) is 0 Å². The quantitative estimate of drug-likeness (QED) is 0.658. The molecule has 3 rings (SSSR count). The van der Waals surface area contributed by atoms with Gasteiger partial charge in [0.25, 0.3) is 5.88 Å². The van der Waals surface area contributed by atoms with Gasteiger partial charge in [-0.05, 0) is 12.1 Å². The summed E-state index contributed by atoms with van der Waals surface area (Å²) < 4.78 is 5.35. The Kier molecular flexibility index (Phi) is 1.93. The second-order valence-electron chi connectivity index (χ2n) is 2.69. The molecule has 1 atom stereocenters. The number of fused-ring (bicyclic) bond motifs is 2. The molecule has 0 N–H and O–H groups in total. The zero-order chi connectivity index (χ0) is 9.54. The van der Waals surface area contributed by atoms with E-state index in [4.69, 9.17) is 15.4 Å². The number of rotatable bonds is 0. The van der Waals surface area contributed by atoms with Crippen LogP contribution in [0.1, 0.15) is 0 Å². The molecule has 2 heterocycles. The van der Waals surface area contributed by atoms with Crippen LogP contribution in [0.2, 0.25) is 0 Å². The molecule has 0 radical (unpaired) electrons. The first kappa shape index (κ1) is 8.58. The monoisotopic (exact) mass is 240 g/mol. The highest BCUT2D eigenvalue weighted by molar-refractivity contribution is 8.81. The second kappa shape index (κ2) is 3.15. The maximum Gasteiger partial charge on any atom is 0.263 e. The van der Waals surface area contributed by atoms with Crippen LogP contribution in [0, 0.1) is 0 Å². The van der Waals surface area contributed by atoms with E-state index >= 15 is 0 Å². The summed E-state index contributed by atoms with van der Waals surface area (Å²) in [5, 5.41) is 0.807. The normalized spacial score (nSPS) is 19.3. The van der Waals surface area contributed by atoms with Gasteiger partial charge in [-0.1, -0.05) is 12.1 Å². The molecule has 0 saturated carbocycles. The molecule has 0 saturated heterocycles. The fourth-order valence-electron chi connectivity index (χ4n) is 1.22. The van der Waals surface area contributed by atoms with Crippen molar-refractivity contribution in [3.05, 3.63) is 24.3 Å². The third-order valence-corrected chi connectivity index (χ3v) is 4.56. The lowest BCUT2D eigenvalue weighted by Crippen LogP contribution is -1.89. The largest absolute Gasteiger partial charge is 0.390 e. The smallest absolute Gasteiger partial charge is 0.263 e. The summed E-state index contributed by atoms with van der Waals surface area (Å²) in [5.74, 6) is 0.576. The number of para-hydroxylation sites is 2. The second-order valence-corrected chi connectivity index (χ2v) is 6.77. The predicted molar refractivity (Wildman–Crippen MR) is 60.8 cm³/mol. The summed E-state index contributed by atoms with van der Waals surface area (Å²) in [6, 6.07) is 7.72. The van der Waals surface area contributed by atoms with Gasteiger partial charge in [0.2, 0.25) is 0 Å². The van der Waals surface area contributed by atoms with E-state index in [0.29, 0.717) is 5.88 Å². The summed E-state index contributed by atoms with van der Waals surface area (Å²) >= 11 is 5.03. The molecule has 1 aliphatic heterocycles. The predicted octanol–water partition coefficient (Wildman–Crippen LogP) is 2.02. The van der Waals surface area contributed by atoms with Crippen molar-refractivity contribution in [3.8, 4) is 5.88 Å². The third kappa shape index (κ3) is 1.30. The summed E-state index contributed by atoms with van der Waals surface area (Å²) in [5.41, 5.74) is 1.73. The fraction of sp³-hybridized carbons (Fsp3) is 0. The average molecular weight is 240 g/mol. The van der Waals surface area contributed by atoms with Gasteiger partial charge in [-0.2, -0.15) is 0 Å². The Hall–Kier alpha value is -0.720. The van der Waals surface area contributed by atoms with Crippen molar-refractivity contribution in [2.75, 3.05) is 0 Å². The van der Waals surface area contributed by atoms with Crippen LogP contribution in [-0.2, 0) is 20.0 Å². The molecule has 1 aromatic heterocycles. The van der Waals surface area contributed by atoms with Crippen LogP contribution in [0.25, 0.3) is 11.0 Å². The maximum absolute atomic E-state index is 5.35. The van der Waals surface area contributed by atoms with Gasteiger partial charge in [-0.25, -0.2) is 9.97 Å². The number of hydrogen-bond acceptors (Lipinski definition) is 5. The van der Waals surface area contributed by atoms with Crippen LogP contribution in [0.15, 0.2) is 29.3 Å². The molecule has 3 nitrogen and oxygen atoms in total. The first-order chi connectivity index (χ1) is 6.83. The Morgan fingerprint density at radius 1 is 1.21 bits per heavy atom. The van der Waals surface area contributed by atoms with Crippen molar-refractivity contribution in [1.82, 2.24) is 9.97 Å². The summed E-state index contributed by atoms with van der Waals surface area (Å²) in [4.78, 5) is 8.76. The lowest BCUT2D eigenvalue weighted by Gasteiger charge is -1.97. The molecular weight excluding hydrogens is 236 g/mol. The zero-order valence-electron chi connectivity index (χ0n) is 6.84. The standard InChI is InChI=1S/C8H4N2OS3/c12-14-11-7-8(13-14)10-6-4-2-1-3-5(6)9-7/h1-4H. The van der Waals surface area contributed by atoms with Crippen LogP contribution in [-0.4, -0.2) is 9.97 Å². The van der Waals surface area contributed by atoms with Crippen molar-refractivity contribution >= 4 is 41.8 Å². The van der Waals surface area contributed by atoms with Crippen molar-refractivity contribution in [1.29, 1.82) is 0 Å². The minimum Gasteiger partial charge on any atom is -0.390 e. The topological polar surface area (TPSA) is 35.0 Å². The Morgan fingerprint density at radius 2 is 1.93 bits per heavy atom. The molecule has 2 aromatic rings. The zero-order valence-corrected chi connectivity index (χ0v) is 9.29.